The molecule has 0 saturated carbocycles. The first kappa shape index (κ1) is 17.1. The monoisotopic (exact) mass is 390 g/mol. The van der Waals surface area contributed by atoms with Crippen LogP contribution in [0.5, 0.6) is 5.75 Å². The normalized spacial score (nSPS) is 15.3. The third-order valence-corrected chi connectivity index (χ3v) is 6.93. The van der Waals surface area contributed by atoms with Gasteiger partial charge in [0.2, 0.25) is 10.0 Å². The molecule has 0 aliphatic carbocycles. The van der Waals surface area contributed by atoms with Crippen LogP contribution in [0.2, 0.25) is 0 Å². The summed E-state index contributed by atoms with van der Waals surface area (Å²) in [7, 11) is -2.04. The van der Waals surface area contributed by atoms with E-state index in [9.17, 15) is 8.42 Å². The Kier molecular flexibility index (Phi) is 4.22. The molecule has 0 saturated heterocycles. The van der Waals surface area contributed by atoms with Gasteiger partial charge in [0.1, 0.15) is 5.75 Å². The quantitative estimate of drug-likeness (QED) is 0.713. The van der Waals surface area contributed by atoms with Crippen LogP contribution < -0.4 is 14.8 Å². The smallest absolute Gasteiger partial charge is 0.249 e. The summed E-state index contributed by atoms with van der Waals surface area (Å²) in [4.78, 5) is 9.55. The number of fused-ring (bicyclic) bond motifs is 1. The standard InChI is InChI=1S/C17H18N4O3S2/c1-24-12-2-3-15-13(8-12)14(9-19-15)11-4-6-21(7-5-11)17-20-10-16(25-17)26(18,22)23/h2-4,8-10,19H,5-7H2,1H3,(H2,18,22,23). The summed E-state index contributed by atoms with van der Waals surface area (Å²) >= 11 is 1.10. The molecule has 1 aromatic carbocycles. The van der Waals surface area contributed by atoms with Crippen molar-refractivity contribution in [3.05, 3.63) is 42.2 Å². The van der Waals surface area contributed by atoms with Crippen molar-refractivity contribution in [2.75, 3.05) is 25.1 Å². The lowest BCUT2D eigenvalue weighted by Crippen LogP contribution is -2.27. The Morgan fingerprint density at radius 3 is 2.88 bits per heavy atom. The van der Waals surface area contributed by atoms with E-state index in [0.717, 1.165) is 41.0 Å². The van der Waals surface area contributed by atoms with Crippen LogP contribution in [0.4, 0.5) is 5.13 Å². The van der Waals surface area contributed by atoms with Crippen LogP contribution in [0.1, 0.15) is 12.0 Å². The number of ether oxygens (including phenoxy) is 1. The van der Waals surface area contributed by atoms with Crippen molar-refractivity contribution in [3.63, 3.8) is 0 Å². The van der Waals surface area contributed by atoms with Crippen LogP contribution in [0.15, 0.2) is 40.9 Å². The van der Waals surface area contributed by atoms with E-state index < -0.39 is 10.0 Å². The van der Waals surface area contributed by atoms with E-state index in [1.54, 1.807) is 7.11 Å². The first-order valence-electron chi connectivity index (χ1n) is 8.04. The number of thiazole rings is 1. The molecule has 26 heavy (non-hydrogen) atoms. The first-order valence-corrected chi connectivity index (χ1v) is 10.4. The Morgan fingerprint density at radius 1 is 1.38 bits per heavy atom. The maximum atomic E-state index is 11.4. The van der Waals surface area contributed by atoms with E-state index in [-0.39, 0.29) is 4.21 Å². The molecule has 4 rings (SSSR count). The molecular formula is C17H18N4O3S2. The predicted molar refractivity (Wildman–Crippen MR) is 103 cm³/mol. The lowest BCUT2D eigenvalue weighted by Gasteiger charge is -2.25. The van der Waals surface area contributed by atoms with Crippen molar-refractivity contribution in [2.24, 2.45) is 5.14 Å². The molecule has 0 radical (unpaired) electrons. The van der Waals surface area contributed by atoms with Crippen LogP contribution in [0, 0.1) is 0 Å². The number of H-pyrrole nitrogens is 1. The fraction of sp³-hybridized carbons (Fsp3) is 0.235. The van der Waals surface area contributed by atoms with Crippen LogP contribution in [0.25, 0.3) is 16.5 Å². The molecule has 3 aromatic rings. The highest BCUT2D eigenvalue weighted by Crippen LogP contribution is 2.33. The molecule has 136 valence electrons. The number of primary sulfonamides is 1. The van der Waals surface area contributed by atoms with E-state index in [1.165, 1.54) is 17.3 Å². The number of methoxy groups -OCH3 is 1. The molecule has 1 aliphatic heterocycles. The minimum atomic E-state index is -3.70. The highest BCUT2D eigenvalue weighted by atomic mass is 32.2. The molecule has 0 amide bonds. The number of hydrogen-bond acceptors (Lipinski definition) is 6. The van der Waals surface area contributed by atoms with Gasteiger partial charge in [-0.15, -0.1) is 0 Å². The van der Waals surface area contributed by atoms with Gasteiger partial charge >= 0.3 is 0 Å². The molecule has 1 aliphatic rings. The average molecular weight is 390 g/mol. The van der Waals surface area contributed by atoms with Gasteiger partial charge in [-0.25, -0.2) is 18.5 Å². The molecule has 0 bridgehead atoms. The van der Waals surface area contributed by atoms with E-state index >= 15 is 0 Å². The molecule has 9 heteroatoms. The van der Waals surface area contributed by atoms with Gasteiger partial charge in [-0.1, -0.05) is 17.4 Å². The van der Waals surface area contributed by atoms with Crippen LogP contribution in [-0.2, 0) is 10.0 Å². The summed E-state index contributed by atoms with van der Waals surface area (Å²) in [5.74, 6) is 0.828. The van der Waals surface area contributed by atoms with Crippen molar-refractivity contribution >= 4 is 43.0 Å². The topological polar surface area (TPSA) is 101 Å². The number of benzene rings is 1. The van der Waals surface area contributed by atoms with Crippen molar-refractivity contribution in [1.29, 1.82) is 0 Å². The van der Waals surface area contributed by atoms with Gasteiger partial charge in [-0.05, 0) is 30.2 Å². The number of sulfonamides is 1. The van der Waals surface area contributed by atoms with Crippen molar-refractivity contribution in [1.82, 2.24) is 9.97 Å². The highest BCUT2D eigenvalue weighted by molar-refractivity contribution is 7.91. The molecule has 3 N–H and O–H groups in total. The number of hydrogen-bond donors (Lipinski definition) is 2. The van der Waals surface area contributed by atoms with Gasteiger partial charge < -0.3 is 14.6 Å². The van der Waals surface area contributed by atoms with Gasteiger partial charge in [0.05, 0.1) is 13.3 Å². The maximum absolute atomic E-state index is 11.4. The highest BCUT2D eigenvalue weighted by Gasteiger charge is 2.20. The number of rotatable bonds is 4. The fourth-order valence-electron chi connectivity index (χ4n) is 3.11. The average Bonchev–Trinajstić information content (AvgIpc) is 3.28. The minimum Gasteiger partial charge on any atom is -0.497 e. The van der Waals surface area contributed by atoms with Gasteiger partial charge in [-0.3, -0.25) is 0 Å². The second-order valence-corrected chi connectivity index (χ2v) is 8.84. The van der Waals surface area contributed by atoms with Crippen molar-refractivity contribution in [2.45, 2.75) is 10.6 Å². The first-order chi connectivity index (χ1) is 12.5. The van der Waals surface area contributed by atoms with Crippen LogP contribution in [-0.4, -0.2) is 38.6 Å². The van der Waals surface area contributed by atoms with E-state index in [1.807, 2.05) is 24.4 Å². The van der Waals surface area contributed by atoms with Gasteiger partial charge in [0.25, 0.3) is 0 Å². The fourth-order valence-corrected chi connectivity index (χ4v) is 4.68. The minimum absolute atomic E-state index is 0.0889. The molecule has 0 unspecified atom stereocenters. The van der Waals surface area contributed by atoms with Gasteiger partial charge in [-0.2, -0.15) is 0 Å². The Hall–Kier alpha value is -2.36. The molecule has 0 atom stereocenters. The summed E-state index contributed by atoms with van der Waals surface area (Å²) < 4.78 is 28.3. The zero-order valence-corrected chi connectivity index (χ0v) is 15.7. The third kappa shape index (κ3) is 3.09. The third-order valence-electron chi connectivity index (χ3n) is 4.47. The van der Waals surface area contributed by atoms with Crippen LogP contribution in [0.3, 0.4) is 0 Å². The number of nitrogens with one attached hydrogen (secondary N) is 1. The summed E-state index contributed by atoms with van der Waals surface area (Å²) in [5, 5.41) is 6.97. The number of aromatic amines is 1. The molecule has 0 fully saturated rings. The Labute approximate surface area is 155 Å². The summed E-state index contributed by atoms with van der Waals surface area (Å²) in [6, 6.07) is 5.98. The van der Waals surface area contributed by atoms with Crippen molar-refractivity contribution in [3.8, 4) is 5.75 Å². The number of anilines is 1. The second-order valence-electron chi connectivity index (χ2n) is 6.05. The lowest BCUT2D eigenvalue weighted by atomic mass is 9.99. The summed E-state index contributed by atoms with van der Waals surface area (Å²) in [6.07, 6.45) is 6.34. The second kappa shape index (κ2) is 6.42. The maximum Gasteiger partial charge on any atom is 0.249 e. The van der Waals surface area contributed by atoms with Crippen LogP contribution >= 0.6 is 11.3 Å². The number of aromatic nitrogens is 2. The largest absolute Gasteiger partial charge is 0.497 e. The summed E-state index contributed by atoms with van der Waals surface area (Å²) in [6.45, 7) is 1.43. The molecule has 0 spiro atoms. The van der Waals surface area contributed by atoms with Crippen molar-refractivity contribution < 1.29 is 13.2 Å². The number of nitrogens with zero attached hydrogens (tertiary/aromatic N) is 2. The Balaban J connectivity index is 1.59. The SMILES string of the molecule is COc1ccc2[nH]cc(C3=CCN(c4ncc(S(N)(=O)=O)s4)CC3)c2c1. The Morgan fingerprint density at radius 2 is 2.23 bits per heavy atom. The molecular weight excluding hydrogens is 372 g/mol. The molecule has 7 nitrogen and oxygen atoms in total. The van der Waals surface area contributed by atoms with E-state index in [2.05, 4.69) is 20.9 Å². The molecule has 2 aromatic heterocycles. The van der Waals surface area contributed by atoms with Gasteiger partial charge in [0, 0.05) is 35.8 Å². The zero-order valence-electron chi connectivity index (χ0n) is 14.1. The Bertz CT molecular complexity index is 1100. The van der Waals surface area contributed by atoms with E-state index in [0.29, 0.717) is 11.7 Å². The molecule has 3 heterocycles. The number of nitrogens with two attached hydrogens (primary N) is 1. The van der Waals surface area contributed by atoms with Gasteiger partial charge in [0.15, 0.2) is 9.34 Å². The zero-order chi connectivity index (χ0) is 18.3. The summed E-state index contributed by atoms with van der Waals surface area (Å²) in [5.41, 5.74) is 3.49. The van der Waals surface area contributed by atoms with E-state index in [4.69, 9.17) is 9.88 Å². The predicted octanol–water partition coefficient (Wildman–Crippen LogP) is 2.57. The lowest BCUT2D eigenvalue weighted by molar-refractivity contribution is 0.415.